The molecule has 0 aliphatic heterocycles. The topological polar surface area (TPSA) is 78.9 Å². The van der Waals surface area contributed by atoms with Gasteiger partial charge in [-0.2, -0.15) is 0 Å². The number of ether oxygens (including phenoxy) is 3. The molecule has 0 aromatic carbocycles. The van der Waals surface area contributed by atoms with Crippen LogP contribution in [0, 0.1) is 0 Å². The second-order valence-corrected chi connectivity index (χ2v) is 19.5. The number of hydrogen-bond acceptors (Lipinski definition) is 6. The van der Waals surface area contributed by atoms with Gasteiger partial charge < -0.3 is 14.2 Å². The van der Waals surface area contributed by atoms with Crippen molar-refractivity contribution in [2.45, 2.75) is 284 Å². The quantitative estimate of drug-likeness (QED) is 0.0261. The van der Waals surface area contributed by atoms with Gasteiger partial charge in [0.25, 0.3) is 0 Å². The molecule has 71 heavy (non-hydrogen) atoms. The lowest BCUT2D eigenvalue weighted by molar-refractivity contribution is -0.166. The average molecular weight is 988 g/mol. The van der Waals surface area contributed by atoms with Crippen LogP contribution in [-0.4, -0.2) is 37.2 Å². The predicted molar refractivity (Wildman–Crippen MR) is 307 cm³/mol. The van der Waals surface area contributed by atoms with E-state index in [0.29, 0.717) is 12.8 Å². The van der Waals surface area contributed by atoms with E-state index in [0.717, 1.165) is 89.9 Å². The van der Waals surface area contributed by atoms with Gasteiger partial charge in [-0.05, 0) is 96.3 Å². The molecule has 0 bridgehead atoms. The third-order valence-electron chi connectivity index (χ3n) is 12.6. The Kier molecular flexibility index (Phi) is 55.9. The highest BCUT2D eigenvalue weighted by Gasteiger charge is 2.19. The monoisotopic (exact) mass is 987 g/mol. The standard InChI is InChI=1S/C65H110O6/c1-4-7-10-13-16-19-22-24-26-27-28-29-30-31-32-33-34-35-36-37-39-40-43-46-49-52-55-58-64(67)70-61-62(60-69-63(66)57-54-51-48-45-42-21-18-15-12-9-6-3)71-65(68)59-56-53-50-47-44-41-38-25-23-20-17-14-11-8-5-2/h8,11,15,17-18,20,22,24-25,27-28,38,44,47,53,56,62H,4-7,9-10,12-14,16,19,21,23,26,29-37,39-43,45-46,48-52,54-55,57-61H2,1-3H3/b11-8-,18-15-,20-17-,24-22-,28-27-,38-25-,47-44-,56-53-. The first-order valence-corrected chi connectivity index (χ1v) is 29.7. The Morgan fingerprint density at radius 1 is 0.310 bits per heavy atom. The number of carbonyl (C=O) groups is 3. The third-order valence-corrected chi connectivity index (χ3v) is 12.6. The van der Waals surface area contributed by atoms with Crippen molar-refractivity contribution in [2.24, 2.45) is 0 Å². The zero-order chi connectivity index (χ0) is 51.4. The number of allylic oxidation sites excluding steroid dienone is 15. The van der Waals surface area contributed by atoms with Crippen LogP contribution in [0.3, 0.4) is 0 Å². The fourth-order valence-electron chi connectivity index (χ4n) is 8.12. The van der Waals surface area contributed by atoms with E-state index in [4.69, 9.17) is 14.2 Å². The van der Waals surface area contributed by atoms with Gasteiger partial charge in [0.1, 0.15) is 13.2 Å². The molecule has 0 N–H and O–H groups in total. The molecule has 0 amide bonds. The van der Waals surface area contributed by atoms with Crippen molar-refractivity contribution in [3.63, 3.8) is 0 Å². The molecule has 0 heterocycles. The van der Waals surface area contributed by atoms with Crippen molar-refractivity contribution in [3.8, 4) is 0 Å². The zero-order valence-corrected chi connectivity index (χ0v) is 46.5. The summed E-state index contributed by atoms with van der Waals surface area (Å²) in [7, 11) is 0. The molecule has 0 fully saturated rings. The number of carbonyl (C=O) groups excluding carboxylic acids is 3. The number of esters is 3. The Labute approximate surface area is 438 Å². The van der Waals surface area contributed by atoms with Gasteiger partial charge in [0.15, 0.2) is 6.10 Å². The minimum atomic E-state index is -0.835. The zero-order valence-electron chi connectivity index (χ0n) is 46.5. The fraction of sp³-hybridized carbons (Fsp3) is 0.708. The van der Waals surface area contributed by atoms with Crippen molar-refractivity contribution < 1.29 is 28.6 Å². The molecule has 0 aliphatic carbocycles. The maximum Gasteiger partial charge on any atom is 0.310 e. The summed E-state index contributed by atoms with van der Waals surface area (Å²) in [4.78, 5) is 38.0. The lowest BCUT2D eigenvalue weighted by Gasteiger charge is -2.18. The highest BCUT2D eigenvalue weighted by atomic mass is 16.6. The second-order valence-electron chi connectivity index (χ2n) is 19.5. The van der Waals surface area contributed by atoms with Crippen LogP contribution in [-0.2, 0) is 28.6 Å². The van der Waals surface area contributed by atoms with Gasteiger partial charge in [-0.15, -0.1) is 0 Å². The highest BCUT2D eigenvalue weighted by molar-refractivity contribution is 5.72. The Balaban J connectivity index is 4.28. The highest BCUT2D eigenvalue weighted by Crippen LogP contribution is 2.16. The average Bonchev–Trinajstić information content (AvgIpc) is 3.37. The van der Waals surface area contributed by atoms with E-state index in [1.54, 1.807) is 6.08 Å². The van der Waals surface area contributed by atoms with Crippen LogP contribution in [0.15, 0.2) is 97.2 Å². The van der Waals surface area contributed by atoms with Crippen molar-refractivity contribution in [1.82, 2.24) is 0 Å². The molecule has 0 aliphatic rings. The minimum absolute atomic E-state index is 0.0945. The summed E-state index contributed by atoms with van der Waals surface area (Å²) in [6, 6.07) is 0. The molecular weight excluding hydrogens is 877 g/mol. The third kappa shape index (κ3) is 57.1. The molecule has 406 valence electrons. The van der Waals surface area contributed by atoms with Crippen molar-refractivity contribution in [1.29, 1.82) is 0 Å². The van der Waals surface area contributed by atoms with Gasteiger partial charge >= 0.3 is 17.9 Å². The van der Waals surface area contributed by atoms with Gasteiger partial charge in [-0.3, -0.25) is 14.4 Å². The van der Waals surface area contributed by atoms with Crippen LogP contribution >= 0.6 is 0 Å². The van der Waals surface area contributed by atoms with Crippen LogP contribution in [0.2, 0.25) is 0 Å². The van der Waals surface area contributed by atoms with Crippen molar-refractivity contribution in [2.75, 3.05) is 13.2 Å². The van der Waals surface area contributed by atoms with Crippen LogP contribution in [0.1, 0.15) is 278 Å². The van der Waals surface area contributed by atoms with Crippen LogP contribution in [0.25, 0.3) is 0 Å². The van der Waals surface area contributed by atoms with E-state index in [1.165, 1.54) is 148 Å². The summed E-state index contributed by atoms with van der Waals surface area (Å²) in [5.74, 6) is -1.06. The van der Waals surface area contributed by atoms with Gasteiger partial charge in [0.05, 0.1) is 6.42 Å². The van der Waals surface area contributed by atoms with E-state index in [9.17, 15) is 14.4 Å². The summed E-state index contributed by atoms with van der Waals surface area (Å²) < 4.78 is 16.7. The summed E-state index contributed by atoms with van der Waals surface area (Å²) in [5.41, 5.74) is 0. The van der Waals surface area contributed by atoms with Crippen LogP contribution in [0.4, 0.5) is 0 Å². The molecule has 0 aromatic rings. The fourth-order valence-corrected chi connectivity index (χ4v) is 8.12. The predicted octanol–water partition coefficient (Wildman–Crippen LogP) is 20.1. The van der Waals surface area contributed by atoms with Crippen LogP contribution < -0.4 is 0 Å². The van der Waals surface area contributed by atoms with Gasteiger partial charge in [0, 0.05) is 12.8 Å². The SMILES string of the molecule is CC/C=C\C/C=C\C/C=C\C/C=C\C/C=C\CC(=O)OC(COC(=O)CCCCCCC/C=C\CCCC)COC(=O)CCCCCCCCCCCCCCCCC/C=C\C/C=C\CCCCCCC. The second kappa shape index (κ2) is 58.9. The largest absolute Gasteiger partial charge is 0.462 e. The van der Waals surface area contributed by atoms with Crippen molar-refractivity contribution >= 4 is 17.9 Å². The van der Waals surface area contributed by atoms with E-state index < -0.39 is 12.1 Å². The summed E-state index contributed by atoms with van der Waals surface area (Å²) in [5, 5.41) is 0. The molecule has 0 rings (SSSR count). The van der Waals surface area contributed by atoms with E-state index in [2.05, 4.69) is 106 Å². The molecule has 0 saturated carbocycles. The summed E-state index contributed by atoms with van der Waals surface area (Å²) >= 11 is 0. The normalized spacial score (nSPS) is 12.8. The molecule has 0 spiro atoms. The maximum atomic E-state index is 12.8. The lowest BCUT2D eigenvalue weighted by atomic mass is 10.0. The smallest absolute Gasteiger partial charge is 0.310 e. The van der Waals surface area contributed by atoms with Crippen LogP contribution in [0.5, 0.6) is 0 Å². The minimum Gasteiger partial charge on any atom is -0.462 e. The number of rotatable bonds is 53. The first kappa shape index (κ1) is 67.3. The molecule has 0 saturated heterocycles. The first-order valence-electron chi connectivity index (χ1n) is 29.7. The van der Waals surface area contributed by atoms with Gasteiger partial charge in [0.2, 0.25) is 0 Å². The maximum absolute atomic E-state index is 12.8. The molecule has 1 atom stereocenters. The van der Waals surface area contributed by atoms with E-state index >= 15 is 0 Å². The molecule has 0 aromatic heterocycles. The first-order chi connectivity index (χ1) is 35.0. The molecule has 1 unspecified atom stereocenters. The molecule has 6 nitrogen and oxygen atoms in total. The Morgan fingerprint density at radius 2 is 0.606 bits per heavy atom. The number of unbranched alkanes of at least 4 members (excludes halogenated alkanes) is 27. The summed E-state index contributed by atoms with van der Waals surface area (Å²) in [6.07, 6.45) is 78.8. The molecule has 6 heteroatoms. The molecular formula is C65H110O6. The van der Waals surface area contributed by atoms with Gasteiger partial charge in [-0.1, -0.05) is 259 Å². The Hall–Kier alpha value is -3.67. The van der Waals surface area contributed by atoms with E-state index in [-0.39, 0.29) is 31.6 Å². The lowest BCUT2D eigenvalue weighted by Crippen LogP contribution is -2.30. The Bertz CT molecular complexity index is 1410. The molecule has 0 radical (unpaired) electrons. The van der Waals surface area contributed by atoms with Gasteiger partial charge in [-0.25, -0.2) is 0 Å². The van der Waals surface area contributed by atoms with E-state index in [1.807, 2.05) is 6.08 Å². The number of hydrogen-bond donors (Lipinski definition) is 0. The summed E-state index contributed by atoms with van der Waals surface area (Å²) in [6.45, 7) is 6.39. The van der Waals surface area contributed by atoms with Crippen molar-refractivity contribution in [3.05, 3.63) is 97.2 Å². The Morgan fingerprint density at radius 3 is 0.986 bits per heavy atom.